The third-order valence-corrected chi connectivity index (χ3v) is 2.87. The van der Waals surface area contributed by atoms with Crippen molar-refractivity contribution < 1.29 is 9.90 Å². The maximum absolute atomic E-state index is 10.5. The van der Waals surface area contributed by atoms with Crippen molar-refractivity contribution in [3.8, 4) is 0 Å². The van der Waals surface area contributed by atoms with Gasteiger partial charge in [0.15, 0.2) is 0 Å². The van der Waals surface area contributed by atoms with Gasteiger partial charge in [-0.25, -0.2) is 0 Å². The van der Waals surface area contributed by atoms with Gasteiger partial charge in [0, 0.05) is 23.9 Å². The lowest BCUT2D eigenvalue weighted by Gasteiger charge is -2.24. The molecule has 0 radical (unpaired) electrons. The molecule has 0 bridgehead atoms. The van der Waals surface area contributed by atoms with E-state index in [9.17, 15) is 4.79 Å². The summed E-state index contributed by atoms with van der Waals surface area (Å²) in [6, 6.07) is 5.05. The first-order valence-electron chi connectivity index (χ1n) is 6.04. The number of rotatable bonds is 7. The largest absolute Gasteiger partial charge is 0.480 e. The van der Waals surface area contributed by atoms with Crippen LogP contribution >= 0.6 is 0 Å². The Hall–Kier alpha value is -1.46. The van der Waals surface area contributed by atoms with Crippen LogP contribution in [0.25, 0.3) is 0 Å². The molecule has 0 fully saturated rings. The van der Waals surface area contributed by atoms with Gasteiger partial charge >= 0.3 is 5.97 Å². The van der Waals surface area contributed by atoms with Gasteiger partial charge in [-0.2, -0.15) is 0 Å². The van der Waals surface area contributed by atoms with E-state index in [-0.39, 0.29) is 5.41 Å². The highest BCUT2D eigenvalue weighted by Crippen LogP contribution is 2.19. The lowest BCUT2D eigenvalue weighted by Crippen LogP contribution is -2.38. The molecule has 0 aromatic carbocycles. The maximum Gasteiger partial charge on any atom is 0.320 e. The van der Waals surface area contributed by atoms with Crippen LogP contribution in [0.4, 0.5) is 0 Å². The Morgan fingerprint density at radius 1 is 1.56 bits per heavy atom. The van der Waals surface area contributed by atoms with E-state index in [0.717, 1.165) is 12.2 Å². The van der Waals surface area contributed by atoms with Gasteiger partial charge in [-0.1, -0.05) is 19.9 Å². The van der Waals surface area contributed by atoms with E-state index < -0.39 is 12.0 Å². The van der Waals surface area contributed by atoms with Crippen LogP contribution in [-0.4, -0.2) is 35.2 Å². The molecular weight excluding hydrogens is 230 g/mol. The number of aromatic nitrogens is 1. The minimum absolute atomic E-state index is 0.0887. The van der Waals surface area contributed by atoms with Crippen molar-refractivity contribution in [2.75, 3.05) is 13.1 Å². The zero-order chi connectivity index (χ0) is 13.6. The maximum atomic E-state index is 10.5. The summed E-state index contributed by atoms with van der Waals surface area (Å²) in [5.74, 6) is -0.958. The van der Waals surface area contributed by atoms with Crippen LogP contribution < -0.4 is 11.1 Å². The highest BCUT2D eigenvalue weighted by molar-refractivity contribution is 5.72. The second-order valence-electron chi connectivity index (χ2n) is 5.01. The molecule has 0 aliphatic rings. The minimum Gasteiger partial charge on any atom is -0.480 e. The van der Waals surface area contributed by atoms with Crippen molar-refractivity contribution in [3.63, 3.8) is 0 Å². The number of carbonyl (C=O) groups is 1. The average Bonchev–Trinajstić information content (AvgIpc) is 2.35. The summed E-state index contributed by atoms with van der Waals surface area (Å²) in [5, 5.41) is 11.9. The van der Waals surface area contributed by atoms with Crippen molar-refractivity contribution >= 4 is 5.97 Å². The lowest BCUT2D eigenvalue weighted by molar-refractivity contribution is -0.138. The summed E-state index contributed by atoms with van der Waals surface area (Å²) in [7, 11) is 0. The zero-order valence-corrected chi connectivity index (χ0v) is 10.9. The van der Waals surface area contributed by atoms with Crippen LogP contribution in [0.2, 0.25) is 0 Å². The zero-order valence-electron chi connectivity index (χ0n) is 10.9. The number of hydrogen-bond donors (Lipinski definition) is 3. The van der Waals surface area contributed by atoms with Crippen molar-refractivity contribution in [1.29, 1.82) is 0 Å². The van der Waals surface area contributed by atoms with E-state index in [2.05, 4.69) is 24.1 Å². The summed E-state index contributed by atoms with van der Waals surface area (Å²) >= 11 is 0. The molecular formula is C13H21N3O2. The summed E-state index contributed by atoms with van der Waals surface area (Å²) < 4.78 is 0. The third kappa shape index (κ3) is 4.43. The van der Waals surface area contributed by atoms with E-state index in [1.165, 1.54) is 0 Å². The number of nitrogens with two attached hydrogens (primary N) is 1. The highest BCUT2D eigenvalue weighted by Gasteiger charge is 2.21. The second-order valence-corrected chi connectivity index (χ2v) is 5.01. The predicted molar refractivity (Wildman–Crippen MR) is 70.4 cm³/mol. The quantitative estimate of drug-likeness (QED) is 0.622. The van der Waals surface area contributed by atoms with Crippen LogP contribution in [0, 0.1) is 0 Å². The van der Waals surface area contributed by atoms with Crippen LogP contribution in [0.3, 0.4) is 0 Å². The third-order valence-electron chi connectivity index (χ3n) is 2.87. The predicted octanol–water partition coefficient (Wildman–Crippen LogP) is 0.751. The Morgan fingerprint density at radius 3 is 2.83 bits per heavy atom. The summed E-state index contributed by atoms with van der Waals surface area (Å²) in [6.45, 7) is 5.51. The first-order chi connectivity index (χ1) is 8.43. The van der Waals surface area contributed by atoms with E-state index in [1.54, 1.807) is 6.20 Å². The van der Waals surface area contributed by atoms with Gasteiger partial charge in [-0.05, 0) is 25.1 Å². The summed E-state index contributed by atoms with van der Waals surface area (Å²) in [6.07, 6.45) is 2.20. The van der Waals surface area contributed by atoms with E-state index >= 15 is 0 Å². The molecule has 1 atom stereocenters. The molecule has 1 unspecified atom stereocenters. The molecule has 100 valence electrons. The Labute approximate surface area is 107 Å². The van der Waals surface area contributed by atoms with Crippen LogP contribution in [0.1, 0.15) is 26.0 Å². The molecule has 5 nitrogen and oxygen atoms in total. The number of carboxylic acid groups (broad SMARTS) is 1. The summed E-state index contributed by atoms with van der Waals surface area (Å²) in [5.41, 5.74) is 6.35. The molecule has 5 heteroatoms. The average molecular weight is 251 g/mol. The van der Waals surface area contributed by atoms with Crippen LogP contribution in [0.5, 0.6) is 0 Å². The second kappa shape index (κ2) is 6.47. The molecule has 1 aromatic heterocycles. The highest BCUT2D eigenvalue weighted by atomic mass is 16.4. The number of hydrogen-bond acceptors (Lipinski definition) is 4. The molecule has 1 rings (SSSR count). The smallest absolute Gasteiger partial charge is 0.320 e. The molecule has 0 saturated carbocycles. The monoisotopic (exact) mass is 251 g/mol. The van der Waals surface area contributed by atoms with Gasteiger partial charge in [0.1, 0.15) is 6.04 Å². The van der Waals surface area contributed by atoms with E-state index in [1.807, 2.05) is 18.2 Å². The molecule has 0 aliphatic carbocycles. The van der Waals surface area contributed by atoms with E-state index in [4.69, 9.17) is 10.8 Å². The Balaban J connectivity index is 2.37. The SMILES string of the molecule is CC(C)(CNCCC(N)C(=O)O)c1ccccn1. The number of nitrogens with zero attached hydrogens (tertiary/aromatic N) is 1. The minimum atomic E-state index is -0.958. The topological polar surface area (TPSA) is 88.2 Å². The van der Waals surface area contributed by atoms with Crippen LogP contribution in [-0.2, 0) is 10.2 Å². The molecule has 0 amide bonds. The first kappa shape index (κ1) is 14.6. The lowest BCUT2D eigenvalue weighted by atomic mass is 9.88. The van der Waals surface area contributed by atoms with Crippen molar-refractivity contribution in [2.24, 2.45) is 5.73 Å². The van der Waals surface area contributed by atoms with E-state index in [0.29, 0.717) is 13.0 Å². The van der Waals surface area contributed by atoms with Crippen molar-refractivity contribution in [1.82, 2.24) is 10.3 Å². The Bertz CT molecular complexity index is 379. The summed E-state index contributed by atoms with van der Waals surface area (Å²) in [4.78, 5) is 14.9. The fourth-order valence-corrected chi connectivity index (χ4v) is 1.64. The van der Waals surface area contributed by atoms with Crippen molar-refractivity contribution in [2.45, 2.75) is 31.7 Å². The van der Waals surface area contributed by atoms with Crippen LogP contribution in [0.15, 0.2) is 24.4 Å². The molecule has 1 heterocycles. The van der Waals surface area contributed by atoms with Gasteiger partial charge in [0.05, 0.1) is 0 Å². The standard InChI is InChI=1S/C13H21N3O2/c1-13(2,11-5-3-4-7-16-11)9-15-8-6-10(14)12(17)18/h3-5,7,10,15H,6,8-9,14H2,1-2H3,(H,17,18). The fraction of sp³-hybridized carbons (Fsp3) is 0.538. The normalized spacial score (nSPS) is 13.3. The van der Waals surface area contributed by atoms with Gasteiger partial charge in [0.25, 0.3) is 0 Å². The number of pyridine rings is 1. The van der Waals surface area contributed by atoms with Gasteiger partial charge < -0.3 is 16.2 Å². The molecule has 4 N–H and O–H groups in total. The molecule has 1 aromatic rings. The van der Waals surface area contributed by atoms with Gasteiger partial charge in [-0.15, -0.1) is 0 Å². The van der Waals surface area contributed by atoms with Gasteiger partial charge in [-0.3, -0.25) is 9.78 Å². The Kier molecular flexibility index (Phi) is 5.25. The number of carboxylic acids is 1. The fourth-order valence-electron chi connectivity index (χ4n) is 1.64. The number of aliphatic carboxylic acids is 1. The van der Waals surface area contributed by atoms with Gasteiger partial charge in [0.2, 0.25) is 0 Å². The molecule has 0 saturated heterocycles. The molecule has 0 aliphatic heterocycles. The Morgan fingerprint density at radius 2 is 2.28 bits per heavy atom. The molecule has 0 spiro atoms. The molecule has 18 heavy (non-hydrogen) atoms. The number of nitrogens with one attached hydrogen (secondary N) is 1. The first-order valence-corrected chi connectivity index (χ1v) is 6.04. The van der Waals surface area contributed by atoms with Crippen molar-refractivity contribution in [3.05, 3.63) is 30.1 Å².